The minimum Gasteiger partial charge on any atom is -0.347 e. The number of nitrogens with zero attached hydrogens (tertiary/aromatic N) is 2. The molecule has 0 atom stereocenters. The molecule has 0 fully saturated rings. The first kappa shape index (κ1) is 13.0. The van der Waals surface area contributed by atoms with Crippen LogP contribution in [0.25, 0.3) is 27.5 Å². The van der Waals surface area contributed by atoms with Crippen LogP contribution in [0.3, 0.4) is 0 Å². The van der Waals surface area contributed by atoms with Gasteiger partial charge in [-0.15, -0.1) is 23.6 Å². The maximum atomic E-state index is 4.41. The smallest absolute Gasteiger partial charge is 0.0603 e. The molecule has 99 valence electrons. The molecular formula is C17H11IrN2-. The molecule has 3 heteroatoms. The standard InChI is InChI=1S/C17H11N2.Ir/c1-2-5-13(6-3-1)14-7-4-8-16-15(14)9-11-19-12-10-18-17(16)19;/h1-7,9-12H;/q-1;. The van der Waals surface area contributed by atoms with Gasteiger partial charge in [0.2, 0.25) is 0 Å². The number of rotatable bonds is 1. The molecule has 0 aliphatic heterocycles. The summed E-state index contributed by atoms with van der Waals surface area (Å²) in [5.41, 5.74) is 3.40. The molecule has 0 N–H and O–H groups in total. The monoisotopic (exact) mass is 436 g/mol. The number of hydrogen-bond donors (Lipinski definition) is 0. The van der Waals surface area contributed by atoms with Crippen LogP contribution < -0.4 is 0 Å². The number of aromatic nitrogens is 2. The Morgan fingerprint density at radius 1 is 0.950 bits per heavy atom. The fourth-order valence-corrected chi connectivity index (χ4v) is 2.52. The van der Waals surface area contributed by atoms with E-state index in [9.17, 15) is 0 Å². The van der Waals surface area contributed by atoms with Crippen molar-refractivity contribution in [3.63, 3.8) is 0 Å². The normalized spacial score (nSPS) is 10.6. The summed E-state index contributed by atoms with van der Waals surface area (Å²) in [5.74, 6) is 0. The van der Waals surface area contributed by atoms with Gasteiger partial charge in [-0.3, -0.25) is 4.98 Å². The van der Waals surface area contributed by atoms with Gasteiger partial charge in [0.05, 0.1) is 5.65 Å². The molecule has 0 bridgehead atoms. The van der Waals surface area contributed by atoms with Crippen molar-refractivity contribution in [2.75, 3.05) is 0 Å². The summed E-state index contributed by atoms with van der Waals surface area (Å²) in [7, 11) is 0. The van der Waals surface area contributed by atoms with Crippen LogP contribution in [0.2, 0.25) is 0 Å². The summed E-state index contributed by atoms with van der Waals surface area (Å²) in [5, 5.41) is 2.25. The van der Waals surface area contributed by atoms with Crippen molar-refractivity contribution in [1.82, 2.24) is 9.38 Å². The van der Waals surface area contributed by atoms with Gasteiger partial charge in [-0.05, 0) is 11.8 Å². The molecule has 2 aromatic carbocycles. The molecule has 0 aliphatic rings. The average molecular weight is 436 g/mol. The predicted octanol–water partition coefficient (Wildman–Crippen LogP) is 3.95. The van der Waals surface area contributed by atoms with Crippen LogP contribution >= 0.6 is 0 Å². The predicted molar refractivity (Wildman–Crippen MR) is 77.0 cm³/mol. The number of fused-ring (bicyclic) bond motifs is 3. The minimum absolute atomic E-state index is 0. The fraction of sp³-hybridized carbons (Fsp3) is 0. The van der Waals surface area contributed by atoms with Crippen LogP contribution in [0.5, 0.6) is 0 Å². The maximum absolute atomic E-state index is 4.41. The maximum Gasteiger partial charge on any atom is 0.0603 e. The van der Waals surface area contributed by atoms with E-state index in [1.54, 1.807) is 0 Å². The first-order chi connectivity index (χ1) is 9.43. The number of imidazole rings is 1. The van der Waals surface area contributed by atoms with Crippen molar-refractivity contribution in [3.05, 3.63) is 73.2 Å². The van der Waals surface area contributed by atoms with Crippen LogP contribution in [-0.2, 0) is 20.1 Å². The summed E-state index contributed by atoms with van der Waals surface area (Å²) in [6.07, 6.45) is 5.82. The second-order valence-corrected chi connectivity index (χ2v) is 4.52. The van der Waals surface area contributed by atoms with Crippen LogP contribution in [0, 0.1) is 6.07 Å². The van der Waals surface area contributed by atoms with Crippen molar-refractivity contribution < 1.29 is 20.1 Å². The second-order valence-electron chi connectivity index (χ2n) is 4.52. The van der Waals surface area contributed by atoms with E-state index in [-0.39, 0.29) is 20.1 Å². The van der Waals surface area contributed by atoms with Crippen LogP contribution in [0.15, 0.2) is 67.1 Å². The van der Waals surface area contributed by atoms with E-state index >= 15 is 0 Å². The number of pyridine rings is 1. The molecule has 2 nitrogen and oxygen atoms in total. The molecule has 2 aromatic heterocycles. The van der Waals surface area contributed by atoms with Gasteiger partial charge in [0.15, 0.2) is 0 Å². The van der Waals surface area contributed by atoms with E-state index in [0.29, 0.717) is 0 Å². The molecule has 20 heavy (non-hydrogen) atoms. The summed E-state index contributed by atoms with van der Waals surface area (Å²) in [4.78, 5) is 4.41. The van der Waals surface area contributed by atoms with Gasteiger partial charge >= 0.3 is 0 Å². The Bertz CT molecular complexity index is 866. The fourth-order valence-electron chi connectivity index (χ4n) is 2.52. The van der Waals surface area contributed by atoms with E-state index < -0.39 is 0 Å². The van der Waals surface area contributed by atoms with E-state index in [4.69, 9.17) is 0 Å². The summed E-state index contributed by atoms with van der Waals surface area (Å²) >= 11 is 0. The molecule has 4 rings (SSSR count). The van der Waals surface area contributed by atoms with Crippen molar-refractivity contribution in [2.24, 2.45) is 0 Å². The van der Waals surface area contributed by atoms with Gasteiger partial charge in [0.1, 0.15) is 0 Å². The summed E-state index contributed by atoms with van der Waals surface area (Å²) in [6, 6.07) is 19.9. The van der Waals surface area contributed by atoms with Crippen molar-refractivity contribution in [2.45, 2.75) is 0 Å². The molecule has 0 saturated heterocycles. The zero-order chi connectivity index (χ0) is 12.7. The van der Waals surface area contributed by atoms with Gasteiger partial charge in [-0.25, -0.2) is 0 Å². The first-order valence-electron chi connectivity index (χ1n) is 6.25. The minimum atomic E-state index is 0. The van der Waals surface area contributed by atoms with E-state index in [0.717, 1.165) is 11.0 Å². The Kier molecular flexibility index (Phi) is 3.39. The van der Waals surface area contributed by atoms with Crippen LogP contribution in [0.1, 0.15) is 0 Å². The molecular weight excluding hydrogens is 424 g/mol. The molecule has 0 amide bonds. The molecule has 4 aromatic rings. The molecule has 0 saturated carbocycles. The summed E-state index contributed by atoms with van der Waals surface area (Å²) in [6.45, 7) is 0. The zero-order valence-electron chi connectivity index (χ0n) is 10.6. The van der Waals surface area contributed by atoms with Crippen LogP contribution in [0.4, 0.5) is 0 Å². The Labute approximate surface area is 130 Å². The second kappa shape index (κ2) is 5.20. The van der Waals surface area contributed by atoms with Gasteiger partial charge in [-0.2, -0.15) is 0 Å². The largest absolute Gasteiger partial charge is 0.347 e. The molecule has 1 radical (unpaired) electrons. The quantitative estimate of drug-likeness (QED) is 0.414. The van der Waals surface area contributed by atoms with Crippen LogP contribution in [-0.4, -0.2) is 9.38 Å². The third kappa shape index (κ3) is 1.96. The summed E-state index contributed by atoms with van der Waals surface area (Å²) < 4.78 is 2.02. The molecule has 0 aliphatic carbocycles. The van der Waals surface area contributed by atoms with E-state index in [1.165, 1.54) is 16.5 Å². The zero-order valence-corrected chi connectivity index (χ0v) is 13.0. The van der Waals surface area contributed by atoms with E-state index in [2.05, 4.69) is 47.4 Å². The Morgan fingerprint density at radius 2 is 1.80 bits per heavy atom. The van der Waals surface area contributed by atoms with Crippen molar-refractivity contribution in [1.29, 1.82) is 0 Å². The molecule has 2 heterocycles. The first-order valence-corrected chi connectivity index (χ1v) is 6.25. The topological polar surface area (TPSA) is 17.3 Å². The molecule has 0 unspecified atom stereocenters. The van der Waals surface area contributed by atoms with Gasteiger partial charge < -0.3 is 4.40 Å². The van der Waals surface area contributed by atoms with Gasteiger partial charge in [0, 0.05) is 32.5 Å². The van der Waals surface area contributed by atoms with E-state index in [1.807, 2.05) is 35.1 Å². The third-order valence-electron chi connectivity index (χ3n) is 3.42. The Morgan fingerprint density at radius 3 is 2.65 bits per heavy atom. The van der Waals surface area contributed by atoms with Crippen molar-refractivity contribution >= 4 is 16.4 Å². The Hall–Kier alpha value is -1.96. The Balaban J connectivity index is 0.00000121. The number of benzene rings is 2. The number of hydrogen-bond acceptors (Lipinski definition) is 1. The average Bonchev–Trinajstić information content (AvgIpc) is 2.96. The van der Waals surface area contributed by atoms with Gasteiger partial charge in [0.25, 0.3) is 0 Å². The van der Waals surface area contributed by atoms with Crippen molar-refractivity contribution in [3.8, 4) is 11.1 Å². The van der Waals surface area contributed by atoms with Gasteiger partial charge in [-0.1, -0.05) is 47.3 Å². The molecule has 0 spiro atoms. The third-order valence-corrected chi connectivity index (χ3v) is 3.42. The SMILES string of the molecule is [Ir].[c-]1ccc(-c2ccccc2)c2ccn3ccnc3c12.